The fourth-order valence-corrected chi connectivity index (χ4v) is 6.93. The molecule has 0 unspecified atom stereocenters. The standard InChI is InChI=1S/C24H24N4O2S2/c1-2-19-10-13-24(31-19)32(29,30)28-16-14-27(15-17-28)23-12-11-22(25-26-23)21-9-5-7-18-6-3-4-8-20(18)21/h3-13H,2,14-17H2,1H3. The van der Waals surface area contributed by atoms with Crippen LogP contribution in [0.25, 0.3) is 22.0 Å². The molecular formula is C24H24N4O2S2. The van der Waals surface area contributed by atoms with Crippen LogP contribution in [-0.4, -0.2) is 49.1 Å². The number of nitrogens with zero attached hydrogens (tertiary/aromatic N) is 4. The highest BCUT2D eigenvalue weighted by molar-refractivity contribution is 7.91. The van der Waals surface area contributed by atoms with Crippen LogP contribution < -0.4 is 4.90 Å². The second-order valence-electron chi connectivity index (χ2n) is 7.77. The highest BCUT2D eigenvalue weighted by atomic mass is 32.2. The lowest BCUT2D eigenvalue weighted by atomic mass is 10.0. The van der Waals surface area contributed by atoms with Crippen molar-refractivity contribution in [3.8, 4) is 11.3 Å². The fourth-order valence-electron chi connectivity index (χ4n) is 4.06. The minimum atomic E-state index is -3.43. The molecule has 1 saturated heterocycles. The Balaban J connectivity index is 1.30. The number of fused-ring (bicyclic) bond motifs is 1. The Morgan fingerprint density at radius 3 is 2.38 bits per heavy atom. The first kappa shape index (κ1) is 21.1. The summed E-state index contributed by atoms with van der Waals surface area (Å²) in [6.45, 7) is 4.09. The lowest BCUT2D eigenvalue weighted by molar-refractivity contribution is 0.384. The molecule has 164 valence electrons. The van der Waals surface area contributed by atoms with Crippen LogP contribution in [0.4, 0.5) is 5.82 Å². The summed E-state index contributed by atoms with van der Waals surface area (Å²) in [5.41, 5.74) is 1.89. The summed E-state index contributed by atoms with van der Waals surface area (Å²) < 4.78 is 27.9. The van der Waals surface area contributed by atoms with Gasteiger partial charge in [0.05, 0.1) is 5.69 Å². The monoisotopic (exact) mass is 464 g/mol. The minimum Gasteiger partial charge on any atom is -0.352 e. The molecule has 5 rings (SSSR count). The Morgan fingerprint density at radius 1 is 0.875 bits per heavy atom. The Hall–Kier alpha value is -2.81. The van der Waals surface area contributed by atoms with Gasteiger partial charge in [0.15, 0.2) is 5.82 Å². The van der Waals surface area contributed by atoms with E-state index in [1.165, 1.54) is 16.7 Å². The van der Waals surface area contributed by atoms with E-state index in [2.05, 4.69) is 39.4 Å². The summed E-state index contributed by atoms with van der Waals surface area (Å²) in [5.74, 6) is 0.774. The van der Waals surface area contributed by atoms with Gasteiger partial charge in [-0.15, -0.1) is 21.5 Å². The summed E-state index contributed by atoms with van der Waals surface area (Å²) in [6.07, 6.45) is 0.849. The number of sulfonamides is 1. The zero-order valence-electron chi connectivity index (χ0n) is 17.8. The van der Waals surface area contributed by atoms with Gasteiger partial charge in [-0.2, -0.15) is 4.31 Å². The topological polar surface area (TPSA) is 66.4 Å². The first-order valence-corrected chi connectivity index (χ1v) is 13.0. The number of hydrogen-bond acceptors (Lipinski definition) is 6. The molecule has 1 aliphatic rings. The van der Waals surface area contributed by atoms with E-state index in [0.29, 0.717) is 30.4 Å². The second kappa shape index (κ2) is 8.61. The summed E-state index contributed by atoms with van der Waals surface area (Å²) in [4.78, 5) is 3.18. The molecule has 0 N–H and O–H groups in total. The molecule has 32 heavy (non-hydrogen) atoms. The van der Waals surface area contributed by atoms with E-state index in [1.807, 2.05) is 43.3 Å². The predicted molar refractivity (Wildman–Crippen MR) is 130 cm³/mol. The summed E-state index contributed by atoms with van der Waals surface area (Å²) in [6, 6.07) is 22.0. The van der Waals surface area contributed by atoms with Crippen LogP contribution in [0, 0.1) is 0 Å². The molecule has 0 atom stereocenters. The molecule has 0 radical (unpaired) electrons. The van der Waals surface area contributed by atoms with Crippen molar-refractivity contribution < 1.29 is 8.42 Å². The van der Waals surface area contributed by atoms with E-state index in [0.717, 1.165) is 33.8 Å². The zero-order valence-corrected chi connectivity index (χ0v) is 19.4. The molecule has 0 amide bonds. The highest BCUT2D eigenvalue weighted by Gasteiger charge is 2.30. The summed E-state index contributed by atoms with van der Waals surface area (Å²) >= 11 is 1.37. The van der Waals surface area contributed by atoms with Crippen molar-refractivity contribution in [1.29, 1.82) is 0 Å². The van der Waals surface area contributed by atoms with Gasteiger partial charge in [-0.25, -0.2) is 8.42 Å². The van der Waals surface area contributed by atoms with Crippen molar-refractivity contribution in [2.75, 3.05) is 31.1 Å². The summed E-state index contributed by atoms with van der Waals surface area (Å²) in [5, 5.41) is 11.3. The maximum Gasteiger partial charge on any atom is 0.252 e. The van der Waals surface area contributed by atoms with E-state index < -0.39 is 10.0 Å². The number of piperazine rings is 1. The van der Waals surface area contributed by atoms with E-state index in [1.54, 1.807) is 10.4 Å². The molecule has 0 bridgehead atoms. The van der Waals surface area contributed by atoms with Gasteiger partial charge >= 0.3 is 0 Å². The third-order valence-electron chi connectivity index (χ3n) is 5.86. The van der Waals surface area contributed by atoms with Crippen LogP contribution in [-0.2, 0) is 16.4 Å². The van der Waals surface area contributed by atoms with Crippen molar-refractivity contribution >= 4 is 38.0 Å². The third-order valence-corrected chi connectivity index (χ3v) is 9.45. The van der Waals surface area contributed by atoms with Gasteiger partial charge in [-0.05, 0) is 41.5 Å². The molecule has 6 nitrogen and oxygen atoms in total. The summed E-state index contributed by atoms with van der Waals surface area (Å²) in [7, 11) is -3.43. The number of aromatic nitrogens is 2. The number of benzene rings is 2. The SMILES string of the molecule is CCc1ccc(S(=O)(=O)N2CCN(c3ccc(-c4cccc5ccccc45)nn3)CC2)s1. The van der Waals surface area contributed by atoms with Crippen molar-refractivity contribution in [3.63, 3.8) is 0 Å². The average molecular weight is 465 g/mol. The first-order chi connectivity index (χ1) is 15.6. The van der Waals surface area contributed by atoms with Gasteiger partial charge in [-0.1, -0.05) is 49.4 Å². The largest absolute Gasteiger partial charge is 0.352 e. The number of aryl methyl sites for hydroxylation is 1. The second-order valence-corrected chi connectivity index (χ2v) is 11.1. The van der Waals surface area contributed by atoms with Crippen molar-refractivity contribution in [1.82, 2.24) is 14.5 Å². The molecule has 2 aromatic heterocycles. The molecule has 4 aromatic rings. The van der Waals surface area contributed by atoms with E-state index in [4.69, 9.17) is 0 Å². The smallest absolute Gasteiger partial charge is 0.252 e. The Morgan fingerprint density at radius 2 is 1.66 bits per heavy atom. The molecule has 0 aliphatic carbocycles. The Labute approximate surface area is 192 Å². The lowest BCUT2D eigenvalue weighted by Crippen LogP contribution is -2.48. The maximum atomic E-state index is 13.0. The van der Waals surface area contributed by atoms with Gasteiger partial charge in [-0.3, -0.25) is 0 Å². The fraction of sp³-hybridized carbons (Fsp3) is 0.250. The predicted octanol–water partition coefficient (Wildman–Crippen LogP) is 4.43. The van der Waals surface area contributed by atoms with Gasteiger partial charge in [0.2, 0.25) is 0 Å². The van der Waals surface area contributed by atoms with Gasteiger partial charge < -0.3 is 4.90 Å². The minimum absolute atomic E-state index is 0.432. The van der Waals surface area contributed by atoms with E-state index in [9.17, 15) is 8.42 Å². The van der Waals surface area contributed by atoms with Crippen LogP contribution in [0.15, 0.2) is 70.9 Å². The number of anilines is 1. The van der Waals surface area contributed by atoms with Crippen molar-refractivity contribution in [3.05, 3.63) is 71.6 Å². The molecule has 1 fully saturated rings. The Kier molecular flexibility index (Phi) is 5.67. The third kappa shape index (κ3) is 3.90. The number of rotatable bonds is 5. The highest BCUT2D eigenvalue weighted by Crippen LogP contribution is 2.29. The van der Waals surface area contributed by atoms with Crippen LogP contribution in [0.3, 0.4) is 0 Å². The molecule has 0 spiro atoms. The molecule has 1 aliphatic heterocycles. The van der Waals surface area contributed by atoms with Crippen molar-refractivity contribution in [2.24, 2.45) is 0 Å². The molecule has 8 heteroatoms. The molecular weight excluding hydrogens is 440 g/mol. The number of hydrogen-bond donors (Lipinski definition) is 0. The van der Waals surface area contributed by atoms with Gasteiger partial charge in [0.1, 0.15) is 4.21 Å². The molecule has 3 heterocycles. The zero-order chi connectivity index (χ0) is 22.1. The van der Waals surface area contributed by atoms with Gasteiger partial charge in [0.25, 0.3) is 10.0 Å². The quantitative estimate of drug-likeness (QED) is 0.437. The van der Waals surface area contributed by atoms with Gasteiger partial charge in [0, 0.05) is 36.6 Å². The Bertz CT molecular complexity index is 1340. The average Bonchev–Trinajstić information content (AvgIpc) is 3.34. The van der Waals surface area contributed by atoms with Crippen LogP contribution >= 0.6 is 11.3 Å². The normalized spacial score (nSPS) is 15.3. The number of thiophene rings is 1. The maximum absolute atomic E-state index is 13.0. The lowest BCUT2D eigenvalue weighted by Gasteiger charge is -2.34. The van der Waals surface area contributed by atoms with E-state index in [-0.39, 0.29) is 0 Å². The van der Waals surface area contributed by atoms with Crippen molar-refractivity contribution in [2.45, 2.75) is 17.6 Å². The van der Waals surface area contributed by atoms with E-state index >= 15 is 0 Å². The van der Waals surface area contributed by atoms with Crippen LogP contribution in [0.2, 0.25) is 0 Å². The van der Waals surface area contributed by atoms with Crippen LogP contribution in [0.1, 0.15) is 11.8 Å². The first-order valence-electron chi connectivity index (χ1n) is 10.7. The van der Waals surface area contributed by atoms with Crippen LogP contribution in [0.5, 0.6) is 0 Å². The molecule has 0 saturated carbocycles. The molecule has 2 aromatic carbocycles.